The first-order chi connectivity index (χ1) is 9.72. The van der Waals surface area contributed by atoms with Crippen LogP contribution in [0.3, 0.4) is 0 Å². The fourth-order valence-electron chi connectivity index (χ4n) is 3.44. The summed E-state index contributed by atoms with van der Waals surface area (Å²) in [5.41, 5.74) is 0.0260. The highest BCUT2D eigenvalue weighted by molar-refractivity contribution is 5.75. The molecule has 1 aliphatic heterocycles. The molecule has 5 heteroatoms. The molecule has 2 aliphatic rings. The summed E-state index contributed by atoms with van der Waals surface area (Å²) in [4.78, 5) is 25.1. The number of hydrogen-bond acceptors (Lipinski definition) is 2. The second kappa shape index (κ2) is 5.85. The highest BCUT2D eigenvalue weighted by Gasteiger charge is 2.40. The second-order valence-electron chi connectivity index (χ2n) is 7.88. The van der Waals surface area contributed by atoms with Crippen LogP contribution in [0.15, 0.2) is 0 Å². The van der Waals surface area contributed by atoms with Gasteiger partial charge in [-0.3, -0.25) is 4.79 Å². The lowest BCUT2D eigenvalue weighted by Gasteiger charge is -2.41. The van der Waals surface area contributed by atoms with E-state index in [9.17, 15) is 9.59 Å². The lowest BCUT2D eigenvalue weighted by Crippen LogP contribution is -2.47. The van der Waals surface area contributed by atoms with Crippen molar-refractivity contribution in [2.45, 2.75) is 52.9 Å². The van der Waals surface area contributed by atoms with E-state index in [2.05, 4.69) is 26.1 Å². The van der Waals surface area contributed by atoms with Gasteiger partial charge in [-0.2, -0.15) is 0 Å². The molecule has 120 valence electrons. The Morgan fingerprint density at radius 1 is 1.33 bits per heavy atom. The number of hydrogen-bond donors (Lipinski definition) is 2. The highest BCUT2D eigenvalue weighted by atomic mass is 16.4. The van der Waals surface area contributed by atoms with Crippen molar-refractivity contribution in [3.05, 3.63) is 0 Å². The zero-order chi connectivity index (χ0) is 15.7. The van der Waals surface area contributed by atoms with Gasteiger partial charge >= 0.3 is 12.0 Å². The van der Waals surface area contributed by atoms with Crippen LogP contribution in [0.4, 0.5) is 4.79 Å². The van der Waals surface area contributed by atoms with Crippen LogP contribution < -0.4 is 5.32 Å². The molecule has 2 amide bonds. The lowest BCUT2D eigenvalue weighted by atomic mass is 9.66. The molecule has 0 bridgehead atoms. The topological polar surface area (TPSA) is 69.6 Å². The van der Waals surface area contributed by atoms with Gasteiger partial charge < -0.3 is 15.3 Å². The lowest BCUT2D eigenvalue weighted by molar-refractivity contribution is -0.141. The van der Waals surface area contributed by atoms with Crippen LogP contribution in [-0.4, -0.2) is 41.6 Å². The van der Waals surface area contributed by atoms with Crippen molar-refractivity contribution in [1.29, 1.82) is 0 Å². The van der Waals surface area contributed by atoms with Crippen molar-refractivity contribution in [2.75, 3.05) is 19.6 Å². The maximum Gasteiger partial charge on any atom is 0.317 e. The number of carboxylic acids is 1. The van der Waals surface area contributed by atoms with Gasteiger partial charge in [0.25, 0.3) is 0 Å². The van der Waals surface area contributed by atoms with E-state index in [1.807, 2.05) is 4.90 Å². The van der Waals surface area contributed by atoms with Gasteiger partial charge in [0.15, 0.2) is 0 Å². The van der Waals surface area contributed by atoms with Crippen LogP contribution in [0, 0.1) is 16.7 Å². The zero-order valence-corrected chi connectivity index (χ0v) is 13.4. The van der Waals surface area contributed by atoms with E-state index in [1.54, 1.807) is 0 Å². The third-order valence-corrected chi connectivity index (χ3v) is 5.26. The minimum Gasteiger partial charge on any atom is -0.481 e. The number of likely N-dealkylation sites (tertiary alicyclic amines) is 1. The number of amides is 2. The minimum absolute atomic E-state index is 0.0292. The van der Waals surface area contributed by atoms with Gasteiger partial charge in [0, 0.05) is 19.6 Å². The van der Waals surface area contributed by atoms with Gasteiger partial charge in [-0.1, -0.05) is 27.2 Å². The first-order valence-electron chi connectivity index (χ1n) is 7.96. The molecule has 0 spiro atoms. The number of carbonyl (C=O) groups excluding carboxylic acids is 1. The van der Waals surface area contributed by atoms with Gasteiger partial charge in [-0.15, -0.1) is 0 Å². The van der Waals surface area contributed by atoms with Crippen molar-refractivity contribution >= 4 is 12.0 Å². The number of urea groups is 1. The molecule has 21 heavy (non-hydrogen) atoms. The molecule has 5 nitrogen and oxygen atoms in total. The van der Waals surface area contributed by atoms with E-state index in [4.69, 9.17) is 5.11 Å². The van der Waals surface area contributed by atoms with E-state index < -0.39 is 5.97 Å². The van der Waals surface area contributed by atoms with Crippen LogP contribution in [0.2, 0.25) is 0 Å². The average molecular weight is 296 g/mol. The second-order valence-corrected chi connectivity index (χ2v) is 7.88. The Kier molecular flexibility index (Phi) is 4.49. The Bertz CT molecular complexity index is 410. The van der Waals surface area contributed by atoms with Crippen LogP contribution in [-0.2, 0) is 4.79 Å². The molecule has 0 aromatic carbocycles. The van der Waals surface area contributed by atoms with Crippen molar-refractivity contribution in [1.82, 2.24) is 10.2 Å². The summed E-state index contributed by atoms with van der Waals surface area (Å²) in [6.45, 7) is 8.76. The number of aliphatic carboxylic acids is 1. The predicted octanol–water partition coefficient (Wildman–Crippen LogP) is 2.71. The van der Waals surface area contributed by atoms with E-state index in [0.717, 1.165) is 38.8 Å². The van der Waals surface area contributed by atoms with E-state index >= 15 is 0 Å². The SMILES string of the molecule is CC(C)(C)C1CCN(C(=O)NCC2(CC(=O)O)CCC2)C1. The number of nitrogens with zero attached hydrogens (tertiary/aromatic N) is 1. The number of rotatable bonds is 4. The van der Waals surface area contributed by atoms with Gasteiger partial charge in [0.1, 0.15) is 0 Å². The smallest absolute Gasteiger partial charge is 0.317 e. The molecule has 0 aromatic rings. The van der Waals surface area contributed by atoms with Crippen molar-refractivity contribution in [3.8, 4) is 0 Å². The molecule has 1 saturated carbocycles. The molecule has 1 atom stereocenters. The average Bonchev–Trinajstić information content (AvgIpc) is 2.80. The Morgan fingerprint density at radius 2 is 2.00 bits per heavy atom. The third-order valence-electron chi connectivity index (χ3n) is 5.26. The van der Waals surface area contributed by atoms with Crippen LogP contribution in [0.5, 0.6) is 0 Å². The Hall–Kier alpha value is -1.26. The summed E-state index contributed by atoms with van der Waals surface area (Å²) in [6, 6.07) is -0.0292. The molecule has 1 heterocycles. The summed E-state index contributed by atoms with van der Waals surface area (Å²) in [5.74, 6) is -0.224. The van der Waals surface area contributed by atoms with Gasteiger partial charge in [0.05, 0.1) is 6.42 Å². The highest BCUT2D eigenvalue weighted by Crippen LogP contribution is 2.43. The Balaban J connectivity index is 1.81. The quantitative estimate of drug-likeness (QED) is 0.838. The molecule has 2 fully saturated rings. The first kappa shape index (κ1) is 16.1. The summed E-state index contributed by atoms with van der Waals surface area (Å²) >= 11 is 0. The maximum atomic E-state index is 12.3. The minimum atomic E-state index is -0.766. The Labute approximate surface area is 127 Å². The van der Waals surface area contributed by atoms with E-state index in [1.165, 1.54) is 0 Å². The molecule has 2 rings (SSSR count). The molecule has 0 aromatic heterocycles. The molecule has 0 radical (unpaired) electrons. The standard InChI is InChI=1S/C16H28N2O3/c1-15(2,3)12-5-8-18(10-12)14(21)17-11-16(6-4-7-16)9-13(19)20/h12H,4-11H2,1-3H3,(H,17,21)(H,19,20). The van der Waals surface area contributed by atoms with Gasteiger partial charge in [0.2, 0.25) is 0 Å². The molecule has 1 aliphatic carbocycles. The maximum absolute atomic E-state index is 12.3. The molecule has 1 unspecified atom stereocenters. The third kappa shape index (κ3) is 3.89. The summed E-state index contributed by atoms with van der Waals surface area (Å²) in [7, 11) is 0. The fraction of sp³-hybridized carbons (Fsp3) is 0.875. The van der Waals surface area contributed by atoms with Crippen LogP contribution >= 0.6 is 0 Å². The van der Waals surface area contributed by atoms with Crippen molar-refractivity contribution in [2.24, 2.45) is 16.7 Å². The normalized spacial score (nSPS) is 24.5. The molecule has 2 N–H and O–H groups in total. The van der Waals surface area contributed by atoms with Gasteiger partial charge in [-0.25, -0.2) is 4.79 Å². The predicted molar refractivity (Wildman–Crippen MR) is 81.1 cm³/mol. The number of carbonyl (C=O) groups is 2. The molecule has 1 saturated heterocycles. The van der Waals surface area contributed by atoms with Gasteiger partial charge in [-0.05, 0) is 36.0 Å². The zero-order valence-electron chi connectivity index (χ0n) is 13.4. The van der Waals surface area contributed by atoms with Crippen LogP contribution in [0.25, 0.3) is 0 Å². The van der Waals surface area contributed by atoms with Crippen LogP contribution in [0.1, 0.15) is 52.9 Å². The van der Waals surface area contributed by atoms with E-state index in [-0.39, 0.29) is 23.3 Å². The summed E-state index contributed by atoms with van der Waals surface area (Å²) in [5, 5.41) is 12.0. The fourth-order valence-corrected chi connectivity index (χ4v) is 3.44. The summed E-state index contributed by atoms with van der Waals surface area (Å²) in [6.07, 6.45) is 4.10. The van der Waals surface area contributed by atoms with E-state index in [0.29, 0.717) is 12.5 Å². The molecular formula is C16H28N2O3. The monoisotopic (exact) mass is 296 g/mol. The van der Waals surface area contributed by atoms with Crippen molar-refractivity contribution in [3.63, 3.8) is 0 Å². The molecular weight excluding hydrogens is 268 g/mol. The first-order valence-corrected chi connectivity index (χ1v) is 7.96. The summed E-state index contributed by atoms with van der Waals surface area (Å²) < 4.78 is 0. The Morgan fingerprint density at radius 3 is 2.43 bits per heavy atom. The number of nitrogens with one attached hydrogen (secondary N) is 1. The largest absolute Gasteiger partial charge is 0.481 e. The number of carboxylic acid groups (broad SMARTS) is 1. The van der Waals surface area contributed by atoms with Crippen molar-refractivity contribution < 1.29 is 14.7 Å².